The van der Waals surface area contributed by atoms with Crippen molar-refractivity contribution in [3.8, 4) is 0 Å². The molecule has 1 heterocycles. The van der Waals surface area contributed by atoms with Crippen LogP contribution < -0.4 is 0 Å². The number of hydrogen-bond acceptors (Lipinski definition) is 5. The summed E-state index contributed by atoms with van der Waals surface area (Å²) in [6, 6.07) is -0.964. The van der Waals surface area contributed by atoms with Gasteiger partial charge < -0.3 is 20.0 Å². The standard InChI is InChI=1S/C18H28N2O5/c1-5-6-8-13(9-7-10-19)24-14-11-15(16(21)22)20(12-14)17(23)25-18(2,3)4/h5-7,9-10,13-15,19H,8,11-12H2,1-4H3,(H,21,22)/b6-5-,9-7+,19-10?/t13?,14-,15+/m0/s1. The lowest BCUT2D eigenvalue weighted by molar-refractivity contribution is -0.142. The van der Waals surface area contributed by atoms with Gasteiger partial charge in [-0.3, -0.25) is 4.90 Å². The van der Waals surface area contributed by atoms with E-state index in [0.29, 0.717) is 6.42 Å². The zero-order valence-corrected chi connectivity index (χ0v) is 15.3. The van der Waals surface area contributed by atoms with E-state index in [1.807, 2.05) is 19.1 Å². The topological polar surface area (TPSA) is 99.9 Å². The maximum Gasteiger partial charge on any atom is 0.411 e. The van der Waals surface area contributed by atoms with Crippen LogP contribution in [-0.2, 0) is 14.3 Å². The molecule has 25 heavy (non-hydrogen) atoms. The van der Waals surface area contributed by atoms with E-state index in [1.54, 1.807) is 32.9 Å². The number of nitrogens with zero attached hydrogens (tertiary/aromatic N) is 1. The molecule has 0 aromatic heterocycles. The molecule has 0 spiro atoms. The number of hydrogen-bond donors (Lipinski definition) is 2. The summed E-state index contributed by atoms with van der Waals surface area (Å²) in [5.41, 5.74) is -0.694. The Balaban J connectivity index is 2.82. The van der Waals surface area contributed by atoms with Crippen LogP contribution in [0, 0.1) is 5.41 Å². The van der Waals surface area contributed by atoms with Crippen LogP contribution in [0.25, 0.3) is 0 Å². The largest absolute Gasteiger partial charge is 0.480 e. The van der Waals surface area contributed by atoms with E-state index < -0.39 is 29.8 Å². The number of amides is 1. The monoisotopic (exact) mass is 352 g/mol. The molecule has 1 fully saturated rings. The molecule has 1 aliphatic rings. The smallest absolute Gasteiger partial charge is 0.411 e. The first-order chi connectivity index (χ1) is 11.7. The molecule has 0 bridgehead atoms. The van der Waals surface area contributed by atoms with E-state index in [-0.39, 0.29) is 19.1 Å². The van der Waals surface area contributed by atoms with Crippen molar-refractivity contribution in [1.29, 1.82) is 5.41 Å². The Kier molecular flexibility index (Phi) is 7.83. The van der Waals surface area contributed by atoms with Gasteiger partial charge in [0.15, 0.2) is 0 Å². The van der Waals surface area contributed by atoms with Crippen molar-refractivity contribution >= 4 is 18.3 Å². The second-order valence-corrected chi connectivity index (χ2v) is 6.88. The molecular formula is C18H28N2O5. The third-order valence-electron chi connectivity index (χ3n) is 3.57. The molecular weight excluding hydrogens is 324 g/mol. The third kappa shape index (κ3) is 7.09. The summed E-state index contributed by atoms with van der Waals surface area (Å²) in [6.07, 6.45) is 7.81. The average Bonchev–Trinajstić information content (AvgIpc) is 2.92. The summed E-state index contributed by atoms with van der Waals surface area (Å²) < 4.78 is 11.3. The van der Waals surface area contributed by atoms with Gasteiger partial charge in [-0.1, -0.05) is 18.2 Å². The van der Waals surface area contributed by atoms with Crippen molar-refractivity contribution in [2.75, 3.05) is 6.54 Å². The number of likely N-dealkylation sites (tertiary alicyclic amines) is 1. The molecule has 0 aliphatic carbocycles. The molecule has 7 nitrogen and oxygen atoms in total. The van der Waals surface area contributed by atoms with Gasteiger partial charge in [0.2, 0.25) is 0 Å². The van der Waals surface area contributed by atoms with Crippen LogP contribution >= 0.6 is 0 Å². The highest BCUT2D eigenvalue weighted by molar-refractivity contribution is 5.81. The first-order valence-electron chi connectivity index (χ1n) is 8.34. The number of carbonyl (C=O) groups excluding carboxylic acids is 1. The van der Waals surface area contributed by atoms with E-state index in [2.05, 4.69) is 0 Å². The first kappa shape index (κ1) is 20.9. The molecule has 1 aliphatic heterocycles. The van der Waals surface area contributed by atoms with Gasteiger partial charge in [-0.2, -0.15) is 0 Å². The molecule has 1 rings (SSSR count). The number of carboxylic acid groups (broad SMARTS) is 1. The van der Waals surface area contributed by atoms with E-state index in [9.17, 15) is 14.7 Å². The first-order valence-corrected chi connectivity index (χ1v) is 8.34. The van der Waals surface area contributed by atoms with Crippen LogP contribution in [0.1, 0.15) is 40.5 Å². The summed E-state index contributed by atoms with van der Waals surface area (Å²) in [5, 5.41) is 16.5. The molecule has 1 saturated heterocycles. The Morgan fingerprint density at radius 3 is 2.60 bits per heavy atom. The minimum atomic E-state index is -1.07. The fraction of sp³-hybridized carbons (Fsp3) is 0.611. The van der Waals surface area contributed by atoms with E-state index >= 15 is 0 Å². The van der Waals surface area contributed by atoms with Gasteiger partial charge in [-0.15, -0.1) is 0 Å². The van der Waals surface area contributed by atoms with Crippen molar-refractivity contribution in [3.05, 3.63) is 24.3 Å². The Morgan fingerprint density at radius 1 is 1.40 bits per heavy atom. The highest BCUT2D eigenvalue weighted by atomic mass is 16.6. The summed E-state index contributed by atoms with van der Waals surface area (Å²) in [6.45, 7) is 7.27. The van der Waals surface area contributed by atoms with Crippen LogP contribution in [-0.4, -0.2) is 58.7 Å². The van der Waals surface area contributed by atoms with Crippen molar-refractivity contribution in [1.82, 2.24) is 4.90 Å². The molecule has 3 atom stereocenters. The second kappa shape index (κ2) is 9.36. The number of aliphatic carboxylic acids is 1. The van der Waals surface area contributed by atoms with Crippen LogP contribution in [0.3, 0.4) is 0 Å². The maximum absolute atomic E-state index is 12.3. The minimum absolute atomic E-state index is 0.163. The summed E-state index contributed by atoms with van der Waals surface area (Å²) >= 11 is 0. The zero-order chi connectivity index (χ0) is 19.0. The molecule has 0 saturated carbocycles. The third-order valence-corrected chi connectivity index (χ3v) is 3.57. The molecule has 2 N–H and O–H groups in total. The molecule has 0 radical (unpaired) electrons. The number of carbonyl (C=O) groups is 2. The second-order valence-electron chi connectivity index (χ2n) is 6.88. The Bertz CT molecular complexity index is 536. The number of carboxylic acids is 1. The Labute approximate surface area is 148 Å². The number of rotatable bonds is 7. The van der Waals surface area contributed by atoms with E-state index in [0.717, 1.165) is 6.21 Å². The highest BCUT2D eigenvalue weighted by Crippen LogP contribution is 2.25. The quantitative estimate of drug-likeness (QED) is 0.542. The van der Waals surface area contributed by atoms with Gasteiger partial charge >= 0.3 is 12.1 Å². The lowest BCUT2D eigenvalue weighted by Gasteiger charge is -2.26. The molecule has 7 heteroatoms. The van der Waals surface area contributed by atoms with Crippen LogP contribution in [0.4, 0.5) is 4.79 Å². The van der Waals surface area contributed by atoms with Gasteiger partial charge in [0, 0.05) is 12.6 Å². The lowest BCUT2D eigenvalue weighted by Crippen LogP contribution is -2.43. The SMILES string of the molecule is C/C=C\CC(/C=C/C=N)O[C@H]1C[C@H](C(=O)O)N(C(=O)OC(C)(C)C)C1. The molecule has 1 unspecified atom stereocenters. The van der Waals surface area contributed by atoms with E-state index in [4.69, 9.17) is 14.9 Å². The Morgan fingerprint density at radius 2 is 2.08 bits per heavy atom. The Hall–Kier alpha value is -2.15. The number of nitrogens with one attached hydrogen (secondary N) is 1. The fourth-order valence-electron chi connectivity index (χ4n) is 2.53. The normalized spacial score (nSPS) is 22.5. The van der Waals surface area contributed by atoms with Crippen LogP contribution in [0.15, 0.2) is 24.3 Å². The van der Waals surface area contributed by atoms with Crippen molar-refractivity contribution in [2.45, 2.75) is 64.4 Å². The van der Waals surface area contributed by atoms with Gasteiger partial charge in [0.1, 0.15) is 11.6 Å². The predicted molar refractivity (Wildman–Crippen MR) is 95.0 cm³/mol. The van der Waals surface area contributed by atoms with Gasteiger partial charge in [0.05, 0.1) is 18.8 Å². The summed E-state index contributed by atoms with van der Waals surface area (Å²) in [5.74, 6) is -1.07. The van der Waals surface area contributed by atoms with Crippen LogP contribution in [0.5, 0.6) is 0 Å². The van der Waals surface area contributed by atoms with Gasteiger partial charge in [0.25, 0.3) is 0 Å². The fourth-order valence-corrected chi connectivity index (χ4v) is 2.53. The lowest BCUT2D eigenvalue weighted by atomic mass is 10.1. The zero-order valence-electron chi connectivity index (χ0n) is 15.3. The minimum Gasteiger partial charge on any atom is -0.480 e. The van der Waals surface area contributed by atoms with Crippen LogP contribution in [0.2, 0.25) is 0 Å². The van der Waals surface area contributed by atoms with Crippen molar-refractivity contribution < 1.29 is 24.2 Å². The molecule has 0 aromatic carbocycles. The van der Waals surface area contributed by atoms with Gasteiger partial charge in [-0.25, -0.2) is 9.59 Å². The number of allylic oxidation sites excluding steroid dienone is 2. The average molecular weight is 352 g/mol. The van der Waals surface area contributed by atoms with Crippen molar-refractivity contribution in [3.63, 3.8) is 0 Å². The molecule has 140 valence electrons. The van der Waals surface area contributed by atoms with Gasteiger partial charge in [-0.05, 0) is 40.2 Å². The van der Waals surface area contributed by atoms with E-state index in [1.165, 1.54) is 4.90 Å². The summed E-state index contributed by atoms with van der Waals surface area (Å²) in [4.78, 5) is 25.0. The molecule has 1 amide bonds. The summed E-state index contributed by atoms with van der Waals surface area (Å²) in [7, 11) is 0. The maximum atomic E-state index is 12.3. The van der Waals surface area contributed by atoms with Crippen molar-refractivity contribution in [2.24, 2.45) is 0 Å². The molecule has 0 aromatic rings. The number of ether oxygens (including phenoxy) is 2. The predicted octanol–water partition coefficient (Wildman–Crippen LogP) is 3.01. The highest BCUT2D eigenvalue weighted by Gasteiger charge is 2.42.